The van der Waals surface area contributed by atoms with E-state index in [0.717, 1.165) is 6.20 Å². The molecule has 0 unspecified atom stereocenters. The van der Waals surface area contributed by atoms with E-state index in [1.165, 1.54) is 12.1 Å². The van der Waals surface area contributed by atoms with Crippen LogP contribution in [0.1, 0.15) is 34.7 Å². The molecule has 3 N–H and O–H groups in total. The van der Waals surface area contributed by atoms with Gasteiger partial charge in [0.15, 0.2) is 0 Å². The van der Waals surface area contributed by atoms with Gasteiger partial charge in [-0.2, -0.15) is 0 Å². The third-order valence-corrected chi connectivity index (χ3v) is 2.36. The van der Waals surface area contributed by atoms with Crippen molar-refractivity contribution in [2.45, 2.75) is 13.8 Å². The molecule has 0 saturated carbocycles. The van der Waals surface area contributed by atoms with Crippen LogP contribution >= 0.6 is 0 Å². The SMILES string of the molecule is CC(C)CNC(=O)CNC(=O)c1ccc(C(=O)O)nc1. The van der Waals surface area contributed by atoms with E-state index in [2.05, 4.69) is 15.6 Å². The van der Waals surface area contributed by atoms with Gasteiger partial charge >= 0.3 is 5.97 Å². The Morgan fingerprint density at radius 1 is 1.25 bits per heavy atom. The predicted octanol–water partition coefficient (Wildman–Crippen LogP) is 0.282. The molecule has 0 aromatic carbocycles. The van der Waals surface area contributed by atoms with Crippen LogP contribution in [-0.2, 0) is 4.79 Å². The third-order valence-electron chi connectivity index (χ3n) is 2.36. The summed E-state index contributed by atoms with van der Waals surface area (Å²) in [6.07, 6.45) is 1.16. The van der Waals surface area contributed by atoms with Gasteiger partial charge in [0.1, 0.15) is 5.69 Å². The number of hydrogen-bond acceptors (Lipinski definition) is 4. The fraction of sp³-hybridized carbons (Fsp3) is 0.385. The van der Waals surface area contributed by atoms with Crippen LogP contribution in [0.25, 0.3) is 0 Å². The number of carboxylic acids is 1. The van der Waals surface area contributed by atoms with Crippen LogP contribution in [0.5, 0.6) is 0 Å². The van der Waals surface area contributed by atoms with Crippen LogP contribution in [0.2, 0.25) is 0 Å². The summed E-state index contributed by atoms with van der Waals surface area (Å²) in [6.45, 7) is 4.35. The molecule has 0 atom stereocenters. The lowest BCUT2D eigenvalue weighted by Crippen LogP contribution is -2.38. The molecule has 1 aromatic rings. The summed E-state index contributed by atoms with van der Waals surface area (Å²) in [5.74, 6) is -1.58. The van der Waals surface area contributed by atoms with Gasteiger partial charge in [0, 0.05) is 12.7 Å². The summed E-state index contributed by atoms with van der Waals surface area (Å²) in [6, 6.07) is 2.58. The summed E-state index contributed by atoms with van der Waals surface area (Å²) in [5.41, 5.74) is 0.0582. The van der Waals surface area contributed by atoms with Gasteiger partial charge in [-0.3, -0.25) is 9.59 Å². The summed E-state index contributed by atoms with van der Waals surface area (Å²) >= 11 is 0. The second-order valence-corrected chi connectivity index (χ2v) is 4.62. The fourth-order valence-electron chi connectivity index (χ4n) is 1.30. The lowest BCUT2D eigenvalue weighted by Gasteiger charge is -2.08. The Balaban J connectivity index is 2.46. The van der Waals surface area contributed by atoms with Gasteiger partial charge in [0.25, 0.3) is 5.91 Å². The van der Waals surface area contributed by atoms with Gasteiger partial charge in [0.2, 0.25) is 5.91 Å². The number of hydrogen-bond donors (Lipinski definition) is 3. The minimum absolute atomic E-state index is 0.133. The van der Waals surface area contributed by atoms with Gasteiger partial charge < -0.3 is 15.7 Å². The van der Waals surface area contributed by atoms with Gasteiger partial charge in [-0.05, 0) is 18.1 Å². The molecule has 0 radical (unpaired) electrons. The molecule has 1 heterocycles. The van der Waals surface area contributed by atoms with Gasteiger partial charge in [-0.25, -0.2) is 9.78 Å². The van der Waals surface area contributed by atoms with Crippen LogP contribution < -0.4 is 10.6 Å². The Morgan fingerprint density at radius 2 is 1.95 bits per heavy atom. The monoisotopic (exact) mass is 279 g/mol. The van der Waals surface area contributed by atoms with E-state index >= 15 is 0 Å². The molecule has 0 spiro atoms. The molecular formula is C13H17N3O4. The molecule has 108 valence electrons. The number of aromatic carboxylic acids is 1. The molecule has 0 aliphatic carbocycles. The molecule has 1 aromatic heterocycles. The first-order valence-corrected chi connectivity index (χ1v) is 6.14. The lowest BCUT2D eigenvalue weighted by atomic mass is 10.2. The third kappa shape index (κ3) is 5.05. The van der Waals surface area contributed by atoms with Crippen molar-refractivity contribution in [2.75, 3.05) is 13.1 Å². The summed E-state index contributed by atoms with van der Waals surface area (Å²) in [4.78, 5) is 37.3. The molecule has 2 amide bonds. The predicted molar refractivity (Wildman–Crippen MR) is 71.4 cm³/mol. The van der Waals surface area contributed by atoms with E-state index in [0.29, 0.717) is 12.5 Å². The Morgan fingerprint density at radius 3 is 2.45 bits per heavy atom. The van der Waals surface area contributed by atoms with E-state index < -0.39 is 11.9 Å². The minimum Gasteiger partial charge on any atom is -0.477 e. The average Bonchev–Trinajstić information content (AvgIpc) is 2.42. The standard InChI is InChI=1S/C13H17N3O4/c1-8(2)5-15-11(17)7-16-12(18)9-3-4-10(13(19)20)14-6-9/h3-4,6,8H,5,7H2,1-2H3,(H,15,17)(H,16,18)(H,19,20). The number of rotatable bonds is 6. The van der Waals surface area contributed by atoms with Crippen molar-refractivity contribution in [2.24, 2.45) is 5.92 Å². The van der Waals surface area contributed by atoms with E-state index in [4.69, 9.17) is 5.11 Å². The topological polar surface area (TPSA) is 108 Å². The first-order valence-electron chi connectivity index (χ1n) is 6.14. The smallest absolute Gasteiger partial charge is 0.354 e. The van der Waals surface area contributed by atoms with E-state index in [9.17, 15) is 14.4 Å². The molecule has 20 heavy (non-hydrogen) atoms. The molecule has 7 heteroatoms. The number of carboxylic acid groups (broad SMARTS) is 1. The summed E-state index contributed by atoms with van der Waals surface area (Å²) in [5, 5.41) is 13.8. The molecule has 7 nitrogen and oxygen atoms in total. The summed E-state index contributed by atoms with van der Waals surface area (Å²) < 4.78 is 0. The lowest BCUT2D eigenvalue weighted by molar-refractivity contribution is -0.120. The minimum atomic E-state index is -1.16. The van der Waals surface area contributed by atoms with Crippen molar-refractivity contribution in [3.05, 3.63) is 29.6 Å². The number of pyridine rings is 1. The zero-order chi connectivity index (χ0) is 15.1. The molecule has 0 bridgehead atoms. The highest BCUT2D eigenvalue weighted by molar-refractivity contribution is 5.96. The number of nitrogens with zero attached hydrogens (tertiary/aromatic N) is 1. The first kappa shape index (κ1) is 15.6. The average molecular weight is 279 g/mol. The Kier molecular flexibility index (Phi) is 5.64. The van der Waals surface area contributed by atoms with E-state index in [1.807, 2.05) is 13.8 Å². The van der Waals surface area contributed by atoms with E-state index in [1.54, 1.807) is 0 Å². The van der Waals surface area contributed by atoms with Crippen LogP contribution in [0.4, 0.5) is 0 Å². The second kappa shape index (κ2) is 7.22. The Bertz CT molecular complexity index is 497. The number of carbonyl (C=O) groups is 3. The number of carbonyl (C=O) groups excluding carboxylic acids is 2. The largest absolute Gasteiger partial charge is 0.477 e. The number of amides is 2. The number of nitrogens with one attached hydrogen (secondary N) is 2. The van der Waals surface area contributed by atoms with Crippen molar-refractivity contribution in [3.8, 4) is 0 Å². The van der Waals surface area contributed by atoms with Crippen LogP contribution in [0.15, 0.2) is 18.3 Å². The van der Waals surface area contributed by atoms with Crippen molar-refractivity contribution in [1.82, 2.24) is 15.6 Å². The highest BCUT2D eigenvalue weighted by Crippen LogP contribution is 2.00. The van der Waals surface area contributed by atoms with E-state index in [-0.39, 0.29) is 23.7 Å². The molecule has 0 fully saturated rings. The van der Waals surface area contributed by atoms with Crippen molar-refractivity contribution in [3.63, 3.8) is 0 Å². The van der Waals surface area contributed by atoms with Crippen LogP contribution in [-0.4, -0.2) is 41.0 Å². The fourth-order valence-corrected chi connectivity index (χ4v) is 1.30. The molecule has 0 aliphatic rings. The Hall–Kier alpha value is -2.44. The van der Waals surface area contributed by atoms with Gasteiger partial charge in [-0.1, -0.05) is 13.8 Å². The van der Waals surface area contributed by atoms with Gasteiger partial charge in [-0.15, -0.1) is 0 Å². The highest BCUT2D eigenvalue weighted by Gasteiger charge is 2.10. The highest BCUT2D eigenvalue weighted by atomic mass is 16.4. The van der Waals surface area contributed by atoms with Crippen LogP contribution in [0.3, 0.4) is 0 Å². The normalized spacial score (nSPS) is 10.2. The molecule has 0 aliphatic heterocycles. The maximum Gasteiger partial charge on any atom is 0.354 e. The maximum atomic E-state index is 11.7. The molecule has 1 rings (SSSR count). The zero-order valence-corrected chi connectivity index (χ0v) is 11.3. The quantitative estimate of drug-likeness (QED) is 0.693. The van der Waals surface area contributed by atoms with Gasteiger partial charge in [0.05, 0.1) is 12.1 Å². The van der Waals surface area contributed by atoms with Crippen LogP contribution in [0, 0.1) is 5.92 Å². The molecule has 0 saturated heterocycles. The first-order chi connectivity index (χ1) is 9.40. The van der Waals surface area contributed by atoms with Crippen molar-refractivity contribution >= 4 is 17.8 Å². The number of aromatic nitrogens is 1. The maximum absolute atomic E-state index is 11.7. The van der Waals surface area contributed by atoms with Crippen molar-refractivity contribution < 1.29 is 19.5 Å². The summed E-state index contributed by atoms with van der Waals surface area (Å²) in [7, 11) is 0. The Labute approximate surface area is 116 Å². The molecular weight excluding hydrogens is 262 g/mol. The zero-order valence-electron chi connectivity index (χ0n) is 11.3. The van der Waals surface area contributed by atoms with Crippen molar-refractivity contribution in [1.29, 1.82) is 0 Å². The second-order valence-electron chi connectivity index (χ2n) is 4.62.